The first-order valence-corrected chi connectivity index (χ1v) is 8.46. The number of piperazine rings is 1. The molecule has 128 valence electrons. The Morgan fingerprint density at radius 3 is 2.72 bits per heavy atom. The molecule has 4 rings (SSSR count). The highest BCUT2D eigenvalue weighted by Gasteiger charge is 2.20. The third-order valence-electron chi connectivity index (χ3n) is 4.46. The smallest absolute Gasteiger partial charge is 0.131 e. The van der Waals surface area contributed by atoms with Crippen molar-refractivity contribution in [1.82, 2.24) is 25.1 Å². The van der Waals surface area contributed by atoms with Crippen molar-refractivity contribution in [3.63, 3.8) is 0 Å². The van der Waals surface area contributed by atoms with Crippen LogP contribution in [0.3, 0.4) is 0 Å². The number of allylic oxidation sites excluding steroid dienone is 1. The van der Waals surface area contributed by atoms with E-state index in [0.717, 1.165) is 54.3 Å². The molecule has 7 heteroatoms. The second kappa shape index (κ2) is 6.98. The van der Waals surface area contributed by atoms with Gasteiger partial charge < -0.3 is 15.1 Å². The number of fused-ring (bicyclic) bond motifs is 1. The Bertz CT molecular complexity index is 847. The SMILES string of the molecule is CN1CCN(C2=C(N=Cc3ccc4nccnc4c3)C=NCN2)CC1. The molecule has 0 saturated carbocycles. The lowest BCUT2D eigenvalue weighted by Crippen LogP contribution is -2.47. The molecule has 0 bridgehead atoms. The molecule has 2 aromatic rings. The molecule has 1 saturated heterocycles. The Morgan fingerprint density at radius 1 is 1.08 bits per heavy atom. The summed E-state index contributed by atoms with van der Waals surface area (Å²) in [7, 11) is 2.16. The largest absolute Gasteiger partial charge is 0.354 e. The molecule has 3 heterocycles. The first-order chi connectivity index (χ1) is 12.3. The average molecular weight is 335 g/mol. The fourth-order valence-electron chi connectivity index (χ4n) is 3.01. The summed E-state index contributed by atoms with van der Waals surface area (Å²) < 4.78 is 0. The minimum Gasteiger partial charge on any atom is -0.354 e. The summed E-state index contributed by atoms with van der Waals surface area (Å²) in [6, 6.07) is 5.96. The van der Waals surface area contributed by atoms with Crippen LogP contribution in [0.15, 0.2) is 52.1 Å². The van der Waals surface area contributed by atoms with Crippen molar-refractivity contribution < 1.29 is 0 Å². The lowest BCUT2D eigenvalue weighted by atomic mass is 10.2. The molecule has 0 spiro atoms. The van der Waals surface area contributed by atoms with E-state index in [1.54, 1.807) is 12.4 Å². The number of hydrogen-bond acceptors (Lipinski definition) is 7. The third kappa shape index (κ3) is 3.51. The van der Waals surface area contributed by atoms with Gasteiger partial charge in [0.05, 0.1) is 17.2 Å². The molecule has 2 aliphatic rings. The van der Waals surface area contributed by atoms with E-state index in [9.17, 15) is 0 Å². The minimum atomic E-state index is 0.603. The Balaban J connectivity index is 1.59. The molecular weight excluding hydrogens is 314 g/mol. The van der Waals surface area contributed by atoms with Crippen LogP contribution in [0.2, 0.25) is 0 Å². The lowest BCUT2D eigenvalue weighted by Gasteiger charge is -2.36. The standard InChI is InChI=1S/C18H21N7/c1-24-6-8-25(9-7-24)18-17(12-19-13-23-18)22-11-14-2-3-15-16(10-14)21-5-4-20-15/h2-5,10-12,23H,6-9,13H2,1H3. The number of likely N-dealkylation sites (N-methyl/N-ethyl adjacent to an activating group) is 1. The molecule has 0 aliphatic carbocycles. The molecule has 7 nitrogen and oxygen atoms in total. The fourth-order valence-corrected chi connectivity index (χ4v) is 3.01. The van der Waals surface area contributed by atoms with Crippen molar-refractivity contribution in [1.29, 1.82) is 0 Å². The van der Waals surface area contributed by atoms with E-state index >= 15 is 0 Å². The van der Waals surface area contributed by atoms with Gasteiger partial charge in [0.25, 0.3) is 0 Å². The Hall–Kier alpha value is -2.80. The van der Waals surface area contributed by atoms with Crippen LogP contribution < -0.4 is 5.32 Å². The molecular formula is C18H21N7. The van der Waals surface area contributed by atoms with E-state index in [0.29, 0.717) is 6.67 Å². The van der Waals surface area contributed by atoms with Gasteiger partial charge in [0.1, 0.15) is 18.2 Å². The molecule has 0 radical (unpaired) electrons. The second-order valence-corrected chi connectivity index (χ2v) is 6.23. The second-order valence-electron chi connectivity index (χ2n) is 6.23. The van der Waals surface area contributed by atoms with Gasteiger partial charge in [0.15, 0.2) is 0 Å². The van der Waals surface area contributed by atoms with Gasteiger partial charge >= 0.3 is 0 Å². The van der Waals surface area contributed by atoms with Crippen molar-refractivity contribution in [2.24, 2.45) is 9.98 Å². The highest BCUT2D eigenvalue weighted by molar-refractivity contribution is 5.90. The fraction of sp³-hybridized carbons (Fsp3) is 0.333. The molecule has 0 amide bonds. The van der Waals surface area contributed by atoms with Crippen LogP contribution in [-0.2, 0) is 0 Å². The number of nitrogens with one attached hydrogen (secondary N) is 1. The average Bonchev–Trinajstić information content (AvgIpc) is 2.67. The van der Waals surface area contributed by atoms with Gasteiger partial charge in [-0.25, -0.2) is 0 Å². The van der Waals surface area contributed by atoms with Crippen molar-refractivity contribution in [3.8, 4) is 0 Å². The molecule has 1 aromatic carbocycles. The monoisotopic (exact) mass is 335 g/mol. The molecule has 1 N–H and O–H groups in total. The van der Waals surface area contributed by atoms with Crippen molar-refractivity contribution in [2.75, 3.05) is 39.9 Å². The summed E-state index contributed by atoms with van der Waals surface area (Å²) in [5.41, 5.74) is 3.63. The van der Waals surface area contributed by atoms with Gasteiger partial charge in [-0.1, -0.05) is 6.07 Å². The van der Waals surface area contributed by atoms with Crippen molar-refractivity contribution >= 4 is 23.5 Å². The number of hydrogen-bond donors (Lipinski definition) is 1. The van der Waals surface area contributed by atoms with E-state index in [1.165, 1.54) is 0 Å². The predicted octanol–water partition coefficient (Wildman–Crippen LogP) is 1.10. The summed E-state index contributed by atoms with van der Waals surface area (Å²) in [6.45, 7) is 4.71. The maximum Gasteiger partial charge on any atom is 0.131 e. The Kier molecular flexibility index (Phi) is 4.39. The zero-order valence-electron chi connectivity index (χ0n) is 14.3. The minimum absolute atomic E-state index is 0.603. The first kappa shape index (κ1) is 15.7. The van der Waals surface area contributed by atoms with E-state index in [2.05, 4.69) is 42.1 Å². The van der Waals surface area contributed by atoms with Crippen LogP contribution in [0.5, 0.6) is 0 Å². The topological polar surface area (TPSA) is 69.0 Å². The highest BCUT2D eigenvalue weighted by Crippen LogP contribution is 2.14. The maximum atomic E-state index is 4.68. The number of aromatic nitrogens is 2. The van der Waals surface area contributed by atoms with Gasteiger partial charge in [-0.2, -0.15) is 0 Å². The van der Waals surface area contributed by atoms with Crippen LogP contribution in [-0.4, -0.2) is 72.1 Å². The maximum absolute atomic E-state index is 4.68. The summed E-state index contributed by atoms with van der Waals surface area (Å²) in [5, 5.41) is 3.37. The summed E-state index contributed by atoms with van der Waals surface area (Å²) in [5.74, 6) is 1.07. The summed E-state index contributed by atoms with van der Waals surface area (Å²) >= 11 is 0. The Labute approximate surface area is 146 Å². The van der Waals surface area contributed by atoms with Gasteiger partial charge in [0.2, 0.25) is 0 Å². The normalized spacial score (nSPS) is 19.0. The van der Waals surface area contributed by atoms with Gasteiger partial charge in [-0.05, 0) is 24.7 Å². The van der Waals surface area contributed by atoms with Crippen molar-refractivity contribution in [3.05, 3.63) is 47.7 Å². The van der Waals surface area contributed by atoms with Gasteiger partial charge in [-0.15, -0.1) is 0 Å². The molecule has 1 fully saturated rings. The predicted molar refractivity (Wildman–Crippen MR) is 99.7 cm³/mol. The molecule has 25 heavy (non-hydrogen) atoms. The number of rotatable bonds is 3. The van der Waals surface area contributed by atoms with Gasteiger partial charge in [0, 0.05) is 44.8 Å². The first-order valence-electron chi connectivity index (χ1n) is 8.46. The van der Waals surface area contributed by atoms with E-state index < -0.39 is 0 Å². The van der Waals surface area contributed by atoms with E-state index in [1.807, 2.05) is 30.6 Å². The molecule has 1 aromatic heterocycles. The number of aliphatic imine (C=N–C) groups is 2. The molecule has 2 aliphatic heterocycles. The molecule has 0 unspecified atom stereocenters. The summed E-state index contributed by atoms with van der Waals surface area (Å²) in [6.07, 6.45) is 7.11. The van der Waals surface area contributed by atoms with E-state index in [4.69, 9.17) is 0 Å². The van der Waals surface area contributed by atoms with Crippen LogP contribution >= 0.6 is 0 Å². The van der Waals surface area contributed by atoms with Crippen LogP contribution in [0.1, 0.15) is 5.56 Å². The Morgan fingerprint density at radius 2 is 1.88 bits per heavy atom. The summed E-state index contributed by atoms with van der Waals surface area (Å²) in [4.78, 5) is 22.3. The van der Waals surface area contributed by atoms with Gasteiger partial charge in [-0.3, -0.25) is 20.0 Å². The quantitative estimate of drug-likeness (QED) is 0.851. The molecule has 0 atom stereocenters. The number of nitrogens with zero attached hydrogens (tertiary/aromatic N) is 6. The zero-order chi connectivity index (χ0) is 17.1. The van der Waals surface area contributed by atoms with Crippen LogP contribution in [0.25, 0.3) is 11.0 Å². The zero-order valence-corrected chi connectivity index (χ0v) is 14.3. The van der Waals surface area contributed by atoms with E-state index in [-0.39, 0.29) is 0 Å². The lowest BCUT2D eigenvalue weighted by molar-refractivity contribution is 0.177. The highest BCUT2D eigenvalue weighted by atomic mass is 15.3. The third-order valence-corrected chi connectivity index (χ3v) is 4.46. The van der Waals surface area contributed by atoms with Crippen LogP contribution in [0, 0.1) is 0 Å². The van der Waals surface area contributed by atoms with Crippen molar-refractivity contribution in [2.45, 2.75) is 0 Å². The van der Waals surface area contributed by atoms with Crippen LogP contribution in [0.4, 0.5) is 0 Å². The number of benzene rings is 1.